The molecule has 0 aliphatic carbocycles. The van der Waals surface area contributed by atoms with Crippen LogP contribution in [-0.2, 0) is 29.1 Å². The van der Waals surface area contributed by atoms with Crippen molar-refractivity contribution in [1.29, 1.82) is 0 Å². The maximum absolute atomic E-state index is 14.1. The molecule has 1 saturated heterocycles. The summed E-state index contributed by atoms with van der Waals surface area (Å²) >= 11 is 3.02. The minimum absolute atomic E-state index is 0.0420. The summed E-state index contributed by atoms with van der Waals surface area (Å²) < 4.78 is 9.89. The van der Waals surface area contributed by atoms with Crippen LogP contribution in [0.15, 0.2) is 40.3 Å². The van der Waals surface area contributed by atoms with E-state index in [1.165, 1.54) is 18.2 Å². The third-order valence-electron chi connectivity index (χ3n) is 7.65. The minimum atomic E-state index is -0.298. The monoisotopic (exact) mass is 551 g/mol. The summed E-state index contributed by atoms with van der Waals surface area (Å²) in [5.74, 6) is 1.00. The van der Waals surface area contributed by atoms with Crippen LogP contribution in [0.5, 0.6) is 0 Å². The van der Waals surface area contributed by atoms with Gasteiger partial charge in [-0.2, -0.15) is 0 Å². The molecular weight excluding hydrogens is 518 g/mol. The summed E-state index contributed by atoms with van der Waals surface area (Å²) in [5, 5.41) is 10.1. The van der Waals surface area contributed by atoms with Crippen molar-refractivity contribution in [2.24, 2.45) is 5.92 Å². The van der Waals surface area contributed by atoms with E-state index in [4.69, 9.17) is 4.74 Å². The normalized spacial score (nSPS) is 18.8. The van der Waals surface area contributed by atoms with E-state index in [-0.39, 0.29) is 22.8 Å². The van der Waals surface area contributed by atoms with Crippen LogP contribution in [0, 0.1) is 5.92 Å². The van der Waals surface area contributed by atoms with Gasteiger partial charge in [0.2, 0.25) is 11.7 Å². The van der Waals surface area contributed by atoms with Gasteiger partial charge in [0.05, 0.1) is 29.9 Å². The number of amides is 1. The molecule has 2 aliphatic heterocycles. The van der Waals surface area contributed by atoms with E-state index in [9.17, 15) is 9.59 Å². The first-order valence-electron chi connectivity index (χ1n) is 13.5. The molecule has 1 amide bonds. The van der Waals surface area contributed by atoms with Crippen LogP contribution in [0.3, 0.4) is 0 Å². The number of hydrogen-bond donors (Lipinski definition) is 0. The largest absolute Gasteiger partial charge is 0.372 e. The Morgan fingerprint density at radius 2 is 1.89 bits per heavy atom. The van der Waals surface area contributed by atoms with Crippen LogP contribution in [0.4, 0.5) is 0 Å². The summed E-state index contributed by atoms with van der Waals surface area (Å²) in [6.45, 7) is 8.81. The van der Waals surface area contributed by atoms with Gasteiger partial charge in [-0.3, -0.25) is 14.2 Å². The second-order valence-corrected chi connectivity index (χ2v) is 13.0. The van der Waals surface area contributed by atoms with Gasteiger partial charge in [-0.1, -0.05) is 55.9 Å². The Labute approximate surface area is 230 Å². The standard InChI is InChI=1S/C28H33N5O3S2/c1-17(2)21-14-20-22(16-36-21)38-26-23(20)25(35)32(15-19-10-6-4-7-11-19)27-29-30-28(33(26)27)37-18(3)24(34)31-12-8-5-9-13-31/h4,6-7,10-11,17-18,21H,5,8-9,12-16H2,1-3H3/t18-,21-/m1/s1. The maximum atomic E-state index is 14.1. The number of ether oxygens (including phenoxy) is 1. The number of nitrogens with zero attached hydrogens (tertiary/aromatic N) is 5. The quantitative estimate of drug-likeness (QED) is 0.322. The Balaban J connectivity index is 1.48. The summed E-state index contributed by atoms with van der Waals surface area (Å²) in [7, 11) is 0. The number of benzene rings is 1. The first-order valence-corrected chi connectivity index (χ1v) is 15.1. The highest BCUT2D eigenvalue weighted by molar-refractivity contribution is 8.00. The lowest BCUT2D eigenvalue weighted by atomic mass is 9.96. The number of carbonyl (C=O) groups excluding carboxylic acids is 1. The number of likely N-dealkylation sites (tertiary alicyclic amines) is 1. The molecule has 200 valence electrons. The molecule has 0 radical (unpaired) electrons. The van der Waals surface area contributed by atoms with Crippen molar-refractivity contribution in [2.75, 3.05) is 13.1 Å². The molecule has 0 N–H and O–H groups in total. The number of carbonyl (C=O) groups is 1. The van der Waals surface area contributed by atoms with Crippen LogP contribution in [-0.4, -0.2) is 54.4 Å². The van der Waals surface area contributed by atoms with Crippen molar-refractivity contribution in [2.45, 2.75) is 76.1 Å². The Morgan fingerprint density at radius 1 is 1.13 bits per heavy atom. The molecule has 1 fully saturated rings. The summed E-state index contributed by atoms with van der Waals surface area (Å²) in [4.78, 5) is 31.2. The first kappa shape index (κ1) is 25.6. The van der Waals surface area contributed by atoms with E-state index in [0.29, 0.717) is 36.4 Å². The summed E-state index contributed by atoms with van der Waals surface area (Å²) in [6, 6.07) is 9.96. The molecule has 3 aromatic heterocycles. The zero-order valence-electron chi connectivity index (χ0n) is 22.1. The Kier molecular flexibility index (Phi) is 7.05. The lowest BCUT2D eigenvalue weighted by Crippen LogP contribution is -2.40. The van der Waals surface area contributed by atoms with E-state index in [0.717, 1.165) is 52.2 Å². The Hall–Kier alpha value is -2.69. The Morgan fingerprint density at radius 3 is 2.63 bits per heavy atom. The van der Waals surface area contributed by atoms with Gasteiger partial charge in [-0.25, -0.2) is 4.40 Å². The molecule has 0 saturated carbocycles. The molecule has 6 rings (SSSR count). The highest BCUT2D eigenvalue weighted by atomic mass is 32.2. The molecule has 0 unspecified atom stereocenters. The number of fused-ring (bicyclic) bond motifs is 5. The predicted octanol–water partition coefficient (Wildman–Crippen LogP) is 4.74. The van der Waals surface area contributed by atoms with Gasteiger partial charge in [0, 0.05) is 24.4 Å². The summed E-state index contributed by atoms with van der Waals surface area (Å²) in [6.07, 6.45) is 4.09. The zero-order valence-corrected chi connectivity index (χ0v) is 23.7. The van der Waals surface area contributed by atoms with E-state index >= 15 is 0 Å². The molecule has 8 nitrogen and oxygen atoms in total. The van der Waals surface area contributed by atoms with E-state index in [2.05, 4.69) is 24.0 Å². The van der Waals surface area contributed by atoms with E-state index in [1.54, 1.807) is 15.9 Å². The van der Waals surface area contributed by atoms with Gasteiger partial charge >= 0.3 is 0 Å². The van der Waals surface area contributed by atoms with Crippen LogP contribution >= 0.6 is 23.1 Å². The molecule has 4 aromatic rings. The van der Waals surface area contributed by atoms with Gasteiger partial charge in [0.15, 0.2) is 5.16 Å². The fourth-order valence-electron chi connectivity index (χ4n) is 5.48. The van der Waals surface area contributed by atoms with Crippen LogP contribution in [0.25, 0.3) is 16.0 Å². The second kappa shape index (κ2) is 10.5. The minimum Gasteiger partial charge on any atom is -0.372 e. The fraction of sp³-hybridized carbons (Fsp3) is 0.500. The molecule has 38 heavy (non-hydrogen) atoms. The molecule has 1 aromatic carbocycles. The number of thiophene rings is 1. The zero-order chi connectivity index (χ0) is 26.4. The van der Waals surface area contributed by atoms with Crippen molar-refractivity contribution >= 4 is 45.0 Å². The van der Waals surface area contributed by atoms with Gasteiger partial charge in [0.25, 0.3) is 5.56 Å². The number of piperidine rings is 1. The molecule has 2 aliphatic rings. The molecular formula is C28H33N5O3S2. The lowest BCUT2D eigenvalue weighted by Gasteiger charge is -2.28. The smallest absolute Gasteiger partial charge is 0.264 e. The highest BCUT2D eigenvalue weighted by Gasteiger charge is 2.31. The Bertz CT molecular complexity index is 1540. The SMILES string of the molecule is CC(C)[C@H]1Cc2c(sc3c2c(=O)n(Cc2ccccc2)c2nnc(S[C@H](C)C(=O)N4CCCCC4)n32)CO1. The highest BCUT2D eigenvalue weighted by Crippen LogP contribution is 2.38. The second-order valence-electron chi connectivity index (χ2n) is 10.6. The molecule has 5 heterocycles. The molecule has 0 bridgehead atoms. The van der Waals surface area contributed by atoms with Gasteiger partial charge in [-0.15, -0.1) is 21.5 Å². The van der Waals surface area contributed by atoms with Crippen LogP contribution in [0.1, 0.15) is 56.0 Å². The van der Waals surface area contributed by atoms with Gasteiger partial charge in [0.1, 0.15) is 4.83 Å². The fourth-order valence-corrected chi connectivity index (χ4v) is 7.72. The number of rotatable bonds is 6. The number of hydrogen-bond acceptors (Lipinski definition) is 7. The summed E-state index contributed by atoms with van der Waals surface area (Å²) in [5.41, 5.74) is 2.07. The van der Waals surface area contributed by atoms with Crippen molar-refractivity contribution in [1.82, 2.24) is 24.1 Å². The average Bonchev–Trinajstić information content (AvgIpc) is 3.52. The van der Waals surface area contributed by atoms with Gasteiger partial charge < -0.3 is 9.64 Å². The number of thioether (sulfide) groups is 1. The topological polar surface area (TPSA) is 81.7 Å². The average molecular weight is 552 g/mol. The van der Waals surface area contributed by atoms with Gasteiger partial charge in [-0.05, 0) is 43.2 Å². The van der Waals surface area contributed by atoms with Crippen molar-refractivity contribution in [3.05, 3.63) is 56.7 Å². The van der Waals surface area contributed by atoms with Crippen molar-refractivity contribution in [3.63, 3.8) is 0 Å². The van der Waals surface area contributed by atoms with Crippen LogP contribution < -0.4 is 5.56 Å². The third-order valence-corrected chi connectivity index (χ3v) is 9.87. The van der Waals surface area contributed by atoms with Crippen LogP contribution in [0.2, 0.25) is 0 Å². The maximum Gasteiger partial charge on any atom is 0.264 e. The van der Waals surface area contributed by atoms with E-state index in [1.807, 2.05) is 46.6 Å². The van der Waals surface area contributed by atoms with E-state index < -0.39 is 0 Å². The molecule has 2 atom stereocenters. The third kappa shape index (κ3) is 4.56. The van der Waals surface area contributed by atoms with Crippen molar-refractivity contribution < 1.29 is 9.53 Å². The predicted molar refractivity (Wildman–Crippen MR) is 151 cm³/mol. The van der Waals surface area contributed by atoms with Crippen molar-refractivity contribution in [3.8, 4) is 0 Å². The molecule has 0 spiro atoms. The number of aromatic nitrogens is 4. The first-order chi connectivity index (χ1) is 18.4. The molecule has 10 heteroatoms. The lowest BCUT2D eigenvalue weighted by molar-refractivity contribution is -0.131.